The predicted octanol–water partition coefficient (Wildman–Crippen LogP) is 4.13. The summed E-state index contributed by atoms with van der Waals surface area (Å²) in [6.45, 7) is 0. The number of nitrogens with zero attached hydrogens (tertiary/aromatic N) is 2. The molecule has 0 radical (unpaired) electrons. The summed E-state index contributed by atoms with van der Waals surface area (Å²) < 4.78 is 19.3. The van der Waals surface area contributed by atoms with E-state index in [2.05, 4.69) is 4.98 Å². The van der Waals surface area contributed by atoms with Crippen molar-refractivity contribution in [2.24, 2.45) is 0 Å². The molecular weight excluding hydrogens is 275 g/mol. The number of benzene rings is 2. The molecule has 0 N–H and O–H groups in total. The van der Waals surface area contributed by atoms with E-state index in [1.165, 1.54) is 17.8 Å². The van der Waals surface area contributed by atoms with Crippen LogP contribution in [0.15, 0.2) is 52.1 Å². The highest BCUT2D eigenvalue weighted by molar-refractivity contribution is 7.98. The van der Waals surface area contributed by atoms with Gasteiger partial charge in [-0.25, -0.2) is 9.37 Å². The van der Waals surface area contributed by atoms with Crippen LogP contribution in [-0.2, 0) is 5.75 Å². The van der Waals surface area contributed by atoms with Crippen LogP contribution >= 0.6 is 11.8 Å². The molecule has 0 amide bonds. The third-order valence-corrected chi connectivity index (χ3v) is 3.68. The lowest BCUT2D eigenvalue weighted by Crippen LogP contribution is -1.89. The molecule has 3 nitrogen and oxygen atoms in total. The maximum Gasteiger partial charge on any atom is 0.257 e. The van der Waals surface area contributed by atoms with Crippen LogP contribution in [0.4, 0.5) is 4.39 Å². The minimum Gasteiger partial charge on any atom is -0.431 e. The van der Waals surface area contributed by atoms with E-state index in [1.807, 2.05) is 30.3 Å². The predicted molar refractivity (Wildman–Crippen MR) is 74.7 cm³/mol. The molecule has 20 heavy (non-hydrogen) atoms. The lowest BCUT2D eigenvalue weighted by Gasteiger charge is -2.00. The van der Waals surface area contributed by atoms with Gasteiger partial charge < -0.3 is 4.42 Å². The zero-order chi connectivity index (χ0) is 13.9. The fourth-order valence-electron chi connectivity index (χ4n) is 1.79. The van der Waals surface area contributed by atoms with Gasteiger partial charge in [-0.1, -0.05) is 30.0 Å². The third-order valence-electron chi connectivity index (χ3n) is 2.81. The molecular formula is C15H9FN2OS. The van der Waals surface area contributed by atoms with Crippen molar-refractivity contribution in [3.05, 3.63) is 59.4 Å². The first-order chi connectivity index (χ1) is 9.76. The maximum absolute atomic E-state index is 13.7. The topological polar surface area (TPSA) is 49.8 Å². The summed E-state index contributed by atoms with van der Waals surface area (Å²) in [5.74, 6) is 0.0253. The molecule has 0 aliphatic heterocycles. The van der Waals surface area contributed by atoms with Crippen molar-refractivity contribution >= 4 is 22.9 Å². The molecule has 3 rings (SSSR count). The Morgan fingerprint density at radius 3 is 2.85 bits per heavy atom. The summed E-state index contributed by atoms with van der Waals surface area (Å²) in [5, 5.41) is 9.20. The first-order valence-corrected chi connectivity index (χ1v) is 6.92. The van der Waals surface area contributed by atoms with Gasteiger partial charge in [-0.3, -0.25) is 0 Å². The Balaban J connectivity index is 1.77. The monoisotopic (exact) mass is 284 g/mol. The molecule has 0 saturated carbocycles. The lowest BCUT2D eigenvalue weighted by molar-refractivity contribution is 0.489. The zero-order valence-corrected chi connectivity index (χ0v) is 11.2. The number of hydrogen-bond donors (Lipinski definition) is 0. The Morgan fingerprint density at radius 1 is 1.25 bits per heavy atom. The normalized spacial score (nSPS) is 10.6. The van der Waals surface area contributed by atoms with E-state index < -0.39 is 0 Å². The second kappa shape index (κ2) is 5.35. The quantitative estimate of drug-likeness (QED) is 0.678. The Labute approximate surface area is 119 Å². The highest BCUT2D eigenvalue weighted by atomic mass is 32.2. The molecule has 2 aromatic carbocycles. The van der Waals surface area contributed by atoms with Crippen molar-refractivity contribution in [1.82, 2.24) is 4.98 Å². The Hall–Kier alpha value is -2.32. The van der Waals surface area contributed by atoms with Crippen molar-refractivity contribution in [2.75, 3.05) is 0 Å². The minimum absolute atomic E-state index is 0.318. The number of oxazole rings is 1. The summed E-state index contributed by atoms with van der Waals surface area (Å²) in [4.78, 5) is 4.31. The molecule has 0 fully saturated rings. The molecule has 0 unspecified atom stereocenters. The van der Waals surface area contributed by atoms with E-state index in [9.17, 15) is 4.39 Å². The van der Waals surface area contributed by atoms with Crippen LogP contribution in [0.25, 0.3) is 11.1 Å². The summed E-state index contributed by atoms with van der Waals surface area (Å²) in [6, 6.07) is 13.8. The van der Waals surface area contributed by atoms with Gasteiger partial charge in [0.1, 0.15) is 11.3 Å². The van der Waals surface area contributed by atoms with Crippen molar-refractivity contribution in [3.8, 4) is 6.07 Å². The van der Waals surface area contributed by atoms with Crippen LogP contribution in [0.5, 0.6) is 0 Å². The molecule has 98 valence electrons. The van der Waals surface area contributed by atoms with Gasteiger partial charge >= 0.3 is 0 Å². The van der Waals surface area contributed by atoms with Crippen molar-refractivity contribution in [1.29, 1.82) is 5.26 Å². The van der Waals surface area contributed by atoms with Crippen molar-refractivity contribution in [3.63, 3.8) is 0 Å². The van der Waals surface area contributed by atoms with Crippen LogP contribution in [0.2, 0.25) is 0 Å². The van der Waals surface area contributed by atoms with Gasteiger partial charge in [0.15, 0.2) is 5.58 Å². The number of rotatable bonds is 3. The standard InChI is InChI=1S/C15H9FN2OS/c16-12-7-10(8-17)5-6-11(12)9-20-15-18-13-3-1-2-4-14(13)19-15/h1-7H,9H2. The lowest BCUT2D eigenvalue weighted by atomic mass is 10.1. The Kier molecular flexibility index (Phi) is 3.40. The smallest absolute Gasteiger partial charge is 0.257 e. The van der Waals surface area contributed by atoms with Crippen LogP contribution in [-0.4, -0.2) is 4.98 Å². The number of halogens is 1. The molecule has 5 heteroatoms. The second-order valence-corrected chi connectivity index (χ2v) is 5.08. The SMILES string of the molecule is N#Cc1ccc(CSc2nc3ccccc3o2)c(F)c1. The van der Waals surface area contributed by atoms with Crippen molar-refractivity contribution in [2.45, 2.75) is 11.0 Å². The maximum atomic E-state index is 13.7. The number of para-hydroxylation sites is 2. The molecule has 0 aliphatic carbocycles. The van der Waals surface area contributed by atoms with E-state index >= 15 is 0 Å². The fourth-order valence-corrected chi connectivity index (χ4v) is 2.61. The fraction of sp³-hybridized carbons (Fsp3) is 0.0667. The van der Waals surface area contributed by atoms with Crippen molar-refractivity contribution < 1.29 is 8.81 Å². The minimum atomic E-state index is -0.382. The number of thioether (sulfide) groups is 1. The third kappa shape index (κ3) is 2.51. The molecule has 0 bridgehead atoms. The number of nitriles is 1. The zero-order valence-electron chi connectivity index (χ0n) is 10.3. The summed E-state index contributed by atoms with van der Waals surface area (Å²) in [7, 11) is 0. The largest absolute Gasteiger partial charge is 0.431 e. The molecule has 0 saturated heterocycles. The Bertz CT molecular complexity index is 774. The Morgan fingerprint density at radius 2 is 2.10 bits per heavy atom. The first kappa shape index (κ1) is 12.7. The highest BCUT2D eigenvalue weighted by Gasteiger charge is 2.09. The van der Waals surface area contributed by atoms with Gasteiger partial charge in [-0.15, -0.1) is 0 Å². The van der Waals surface area contributed by atoms with E-state index in [0.29, 0.717) is 22.1 Å². The molecule has 0 aliphatic rings. The molecule has 3 aromatic rings. The van der Waals surface area contributed by atoms with Gasteiger partial charge in [0.25, 0.3) is 5.22 Å². The van der Waals surface area contributed by atoms with Gasteiger partial charge in [-0.2, -0.15) is 5.26 Å². The molecule has 0 spiro atoms. The number of aromatic nitrogens is 1. The van der Waals surface area contributed by atoms with E-state index in [4.69, 9.17) is 9.68 Å². The van der Waals surface area contributed by atoms with Crippen LogP contribution in [0, 0.1) is 17.1 Å². The second-order valence-electron chi connectivity index (χ2n) is 4.15. The molecule has 1 heterocycles. The summed E-state index contributed by atoms with van der Waals surface area (Å²) in [5.41, 5.74) is 2.35. The van der Waals surface area contributed by atoms with Gasteiger partial charge in [0.05, 0.1) is 11.6 Å². The van der Waals surface area contributed by atoms with E-state index in [0.717, 1.165) is 11.1 Å². The van der Waals surface area contributed by atoms with Gasteiger partial charge in [-0.05, 0) is 29.8 Å². The first-order valence-electron chi connectivity index (χ1n) is 5.93. The van der Waals surface area contributed by atoms with Gasteiger partial charge in [0, 0.05) is 5.75 Å². The average Bonchev–Trinajstić information content (AvgIpc) is 2.88. The summed E-state index contributed by atoms with van der Waals surface area (Å²) in [6.07, 6.45) is 0. The molecule has 0 atom stereocenters. The van der Waals surface area contributed by atoms with Gasteiger partial charge in [0.2, 0.25) is 0 Å². The highest BCUT2D eigenvalue weighted by Crippen LogP contribution is 2.27. The number of fused-ring (bicyclic) bond motifs is 1. The summed E-state index contributed by atoms with van der Waals surface area (Å²) >= 11 is 1.33. The number of hydrogen-bond acceptors (Lipinski definition) is 4. The molecule has 1 aromatic heterocycles. The average molecular weight is 284 g/mol. The van der Waals surface area contributed by atoms with Crippen LogP contribution < -0.4 is 0 Å². The van der Waals surface area contributed by atoms with Crippen LogP contribution in [0.3, 0.4) is 0 Å². The van der Waals surface area contributed by atoms with E-state index in [-0.39, 0.29) is 5.82 Å². The van der Waals surface area contributed by atoms with Crippen LogP contribution in [0.1, 0.15) is 11.1 Å². The van der Waals surface area contributed by atoms with E-state index in [1.54, 1.807) is 12.1 Å².